The standard InChI is InChI=1S/C18H24O4/c1-2-20-18(19)16-11-15(16)14-8-6-13(7-9-14)12-22-17-5-3-4-10-21-17/h6-9,15-17H,2-5,10-12H2,1H3. The quantitative estimate of drug-likeness (QED) is 0.756. The summed E-state index contributed by atoms with van der Waals surface area (Å²) in [7, 11) is 0. The van der Waals surface area contributed by atoms with Crippen molar-refractivity contribution < 1.29 is 19.0 Å². The summed E-state index contributed by atoms with van der Waals surface area (Å²) in [5.41, 5.74) is 2.36. The van der Waals surface area contributed by atoms with Crippen molar-refractivity contribution in [3.63, 3.8) is 0 Å². The summed E-state index contributed by atoms with van der Waals surface area (Å²) in [6.45, 7) is 3.69. The molecule has 2 aliphatic rings. The molecule has 3 atom stereocenters. The van der Waals surface area contributed by atoms with E-state index in [1.54, 1.807) is 0 Å². The molecule has 0 N–H and O–H groups in total. The zero-order valence-electron chi connectivity index (χ0n) is 13.1. The maximum absolute atomic E-state index is 11.7. The van der Waals surface area contributed by atoms with Crippen molar-refractivity contribution in [3.8, 4) is 0 Å². The number of benzene rings is 1. The summed E-state index contributed by atoms with van der Waals surface area (Å²) < 4.78 is 16.4. The third-order valence-corrected chi connectivity index (χ3v) is 4.36. The minimum atomic E-state index is -0.0608. The normalized spacial score (nSPS) is 27.4. The lowest BCUT2D eigenvalue weighted by Gasteiger charge is -2.22. The van der Waals surface area contributed by atoms with Crippen molar-refractivity contribution in [2.75, 3.05) is 13.2 Å². The van der Waals surface area contributed by atoms with Gasteiger partial charge in [0, 0.05) is 6.61 Å². The highest BCUT2D eigenvalue weighted by Crippen LogP contribution is 2.48. The fourth-order valence-corrected chi connectivity index (χ4v) is 2.97. The number of hydrogen-bond acceptors (Lipinski definition) is 4. The predicted octanol–water partition coefficient (Wildman–Crippen LogP) is 3.40. The number of esters is 1. The summed E-state index contributed by atoms with van der Waals surface area (Å²) in [5, 5.41) is 0. The molecule has 0 aromatic heterocycles. The van der Waals surface area contributed by atoms with Crippen molar-refractivity contribution in [1.29, 1.82) is 0 Å². The highest BCUT2D eigenvalue weighted by molar-refractivity contribution is 5.77. The molecule has 4 heteroatoms. The molecular weight excluding hydrogens is 280 g/mol. The molecular formula is C18H24O4. The van der Waals surface area contributed by atoms with E-state index in [9.17, 15) is 4.79 Å². The average molecular weight is 304 g/mol. The lowest BCUT2D eigenvalue weighted by molar-refractivity contribution is -0.168. The Morgan fingerprint density at radius 2 is 2.09 bits per heavy atom. The van der Waals surface area contributed by atoms with Crippen molar-refractivity contribution in [3.05, 3.63) is 35.4 Å². The highest BCUT2D eigenvalue weighted by atomic mass is 16.7. The van der Waals surface area contributed by atoms with Gasteiger partial charge in [-0.3, -0.25) is 4.79 Å². The molecule has 120 valence electrons. The van der Waals surface area contributed by atoms with Gasteiger partial charge in [0.1, 0.15) is 0 Å². The number of carbonyl (C=O) groups is 1. The van der Waals surface area contributed by atoms with Gasteiger partial charge in [-0.15, -0.1) is 0 Å². The maximum Gasteiger partial charge on any atom is 0.309 e. The Hall–Kier alpha value is -1.39. The first kappa shape index (κ1) is 15.5. The van der Waals surface area contributed by atoms with Gasteiger partial charge in [0.25, 0.3) is 0 Å². The average Bonchev–Trinajstić information content (AvgIpc) is 3.35. The van der Waals surface area contributed by atoms with E-state index in [0.29, 0.717) is 19.1 Å². The van der Waals surface area contributed by atoms with E-state index >= 15 is 0 Å². The summed E-state index contributed by atoms with van der Waals surface area (Å²) in [4.78, 5) is 11.7. The second-order valence-electron chi connectivity index (χ2n) is 6.05. The Labute approximate surface area is 131 Å². The maximum atomic E-state index is 11.7. The number of rotatable bonds is 6. The number of carbonyl (C=O) groups excluding carboxylic acids is 1. The molecule has 1 aliphatic heterocycles. The van der Waals surface area contributed by atoms with Crippen LogP contribution < -0.4 is 0 Å². The largest absolute Gasteiger partial charge is 0.466 e. The predicted molar refractivity (Wildman–Crippen MR) is 82.3 cm³/mol. The lowest BCUT2D eigenvalue weighted by atomic mass is 10.1. The van der Waals surface area contributed by atoms with E-state index in [0.717, 1.165) is 31.4 Å². The van der Waals surface area contributed by atoms with Crippen LogP contribution in [0.15, 0.2) is 24.3 Å². The van der Waals surface area contributed by atoms with Crippen LogP contribution in [-0.2, 0) is 25.6 Å². The van der Waals surface area contributed by atoms with Crippen LogP contribution in [0.2, 0.25) is 0 Å². The van der Waals surface area contributed by atoms with Crippen molar-refractivity contribution in [2.45, 2.75) is 51.4 Å². The van der Waals surface area contributed by atoms with Gasteiger partial charge in [-0.1, -0.05) is 24.3 Å². The molecule has 4 nitrogen and oxygen atoms in total. The second-order valence-corrected chi connectivity index (χ2v) is 6.05. The van der Waals surface area contributed by atoms with Gasteiger partial charge < -0.3 is 14.2 Å². The van der Waals surface area contributed by atoms with Crippen LogP contribution in [0, 0.1) is 5.92 Å². The van der Waals surface area contributed by atoms with Gasteiger partial charge in [0.05, 0.1) is 19.1 Å². The van der Waals surface area contributed by atoms with Crippen LogP contribution in [-0.4, -0.2) is 25.5 Å². The Morgan fingerprint density at radius 3 is 2.77 bits per heavy atom. The first-order valence-electron chi connectivity index (χ1n) is 8.26. The van der Waals surface area contributed by atoms with Crippen LogP contribution in [0.1, 0.15) is 49.7 Å². The molecule has 2 fully saturated rings. The van der Waals surface area contributed by atoms with Crippen molar-refractivity contribution >= 4 is 5.97 Å². The second kappa shape index (κ2) is 7.25. The molecule has 0 radical (unpaired) electrons. The van der Waals surface area contributed by atoms with Gasteiger partial charge in [0.2, 0.25) is 0 Å². The third kappa shape index (κ3) is 3.87. The zero-order chi connectivity index (χ0) is 15.4. The Morgan fingerprint density at radius 1 is 1.27 bits per heavy atom. The SMILES string of the molecule is CCOC(=O)C1CC1c1ccc(COC2CCCCO2)cc1. The van der Waals surface area contributed by atoms with Gasteiger partial charge in [-0.25, -0.2) is 0 Å². The number of hydrogen-bond donors (Lipinski definition) is 0. The summed E-state index contributed by atoms with van der Waals surface area (Å²) in [6.07, 6.45) is 4.16. The van der Waals surface area contributed by atoms with Crippen LogP contribution in [0.4, 0.5) is 0 Å². The molecule has 3 unspecified atom stereocenters. The summed E-state index contributed by atoms with van der Waals surface area (Å²) in [6, 6.07) is 8.37. The molecule has 1 heterocycles. The van der Waals surface area contributed by atoms with Gasteiger partial charge in [-0.2, -0.15) is 0 Å². The molecule has 0 amide bonds. The summed E-state index contributed by atoms with van der Waals surface area (Å²) in [5.74, 6) is 0.322. The summed E-state index contributed by atoms with van der Waals surface area (Å²) >= 11 is 0. The van der Waals surface area contributed by atoms with Gasteiger partial charge >= 0.3 is 5.97 Å². The van der Waals surface area contributed by atoms with E-state index in [4.69, 9.17) is 14.2 Å². The van der Waals surface area contributed by atoms with Gasteiger partial charge in [0.15, 0.2) is 6.29 Å². The van der Waals surface area contributed by atoms with Gasteiger partial charge in [-0.05, 0) is 49.7 Å². The van der Waals surface area contributed by atoms with E-state index in [1.807, 2.05) is 6.92 Å². The molecule has 22 heavy (non-hydrogen) atoms. The smallest absolute Gasteiger partial charge is 0.309 e. The molecule has 0 spiro atoms. The number of ether oxygens (including phenoxy) is 3. The molecule has 0 bridgehead atoms. The molecule has 1 saturated heterocycles. The fraction of sp³-hybridized carbons (Fsp3) is 0.611. The zero-order valence-corrected chi connectivity index (χ0v) is 13.1. The van der Waals surface area contributed by atoms with E-state index < -0.39 is 0 Å². The molecule has 1 aromatic carbocycles. The van der Waals surface area contributed by atoms with E-state index in [-0.39, 0.29) is 18.2 Å². The van der Waals surface area contributed by atoms with E-state index in [1.165, 1.54) is 12.0 Å². The first-order chi connectivity index (χ1) is 10.8. The van der Waals surface area contributed by atoms with Crippen LogP contribution in [0.25, 0.3) is 0 Å². The lowest BCUT2D eigenvalue weighted by Crippen LogP contribution is -2.21. The first-order valence-corrected chi connectivity index (χ1v) is 8.26. The Bertz CT molecular complexity index is 490. The Balaban J connectivity index is 1.47. The topological polar surface area (TPSA) is 44.8 Å². The van der Waals surface area contributed by atoms with Crippen LogP contribution >= 0.6 is 0 Å². The molecule has 1 aromatic rings. The van der Waals surface area contributed by atoms with Crippen LogP contribution in [0.5, 0.6) is 0 Å². The minimum absolute atomic E-state index is 0.0509. The van der Waals surface area contributed by atoms with Crippen LogP contribution in [0.3, 0.4) is 0 Å². The minimum Gasteiger partial charge on any atom is -0.466 e. The molecule has 1 saturated carbocycles. The molecule has 1 aliphatic carbocycles. The van der Waals surface area contributed by atoms with Crippen molar-refractivity contribution in [2.24, 2.45) is 5.92 Å². The fourth-order valence-electron chi connectivity index (χ4n) is 2.97. The third-order valence-electron chi connectivity index (χ3n) is 4.36. The molecule has 3 rings (SSSR count). The Kier molecular flexibility index (Phi) is 5.11. The van der Waals surface area contributed by atoms with Crippen molar-refractivity contribution in [1.82, 2.24) is 0 Å². The van der Waals surface area contributed by atoms with E-state index in [2.05, 4.69) is 24.3 Å². The monoisotopic (exact) mass is 304 g/mol. The highest BCUT2D eigenvalue weighted by Gasteiger charge is 2.44.